The fourth-order valence-corrected chi connectivity index (χ4v) is 3.05. The summed E-state index contributed by atoms with van der Waals surface area (Å²) < 4.78 is 0. The second kappa shape index (κ2) is 8.34. The van der Waals surface area contributed by atoms with Gasteiger partial charge in [-0.2, -0.15) is 4.98 Å². The van der Waals surface area contributed by atoms with Crippen LogP contribution in [0.25, 0.3) is 0 Å². The van der Waals surface area contributed by atoms with Crippen molar-refractivity contribution in [1.29, 1.82) is 0 Å². The zero-order valence-corrected chi connectivity index (χ0v) is 15.6. The number of benzene rings is 1. The first kappa shape index (κ1) is 18.5. The summed E-state index contributed by atoms with van der Waals surface area (Å²) in [5.41, 5.74) is 5.13. The third-order valence-electron chi connectivity index (χ3n) is 4.61. The van der Waals surface area contributed by atoms with Crippen LogP contribution < -0.4 is 10.2 Å². The first-order valence-corrected chi connectivity index (χ1v) is 8.60. The van der Waals surface area contributed by atoms with Gasteiger partial charge in [-0.1, -0.05) is 37.6 Å². The fourth-order valence-electron chi connectivity index (χ4n) is 3.05. The molecule has 1 aromatic heterocycles. The van der Waals surface area contributed by atoms with Crippen molar-refractivity contribution < 1.29 is 0 Å². The molecule has 1 aromatic carbocycles. The van der Waals surface area contributed by atoms with E-state index < -0.39 is 0 Å². The van der Waals surface area contributed by atoms with Crippen molar-refractivity contribution in [3.8, 4) is 0 Å². The topological polar surface area (TPSA) is 41.1 Å². The van der Waals surface area contributed by atoms with Gasteiger partial charge in [0.05, 0.1) is 0 Å². The SMILES string of the molecule is CCCCNc1nc(C)c(C)c(N2CCc3ccccc3C2)n1.Cl. The highest BCUT2D eigenvalue weighted by molar-refractivity contribution is 5.85. The van der Waals surface area contributed by atoms with E-state index in [1.54, 1.807) is 0 Å². The third kappa shape index (κ3) is 3.99. The lowest BCUT2D eigenvalue weighted by Crippen LogP contribution is -2.32. The number of fused-ring (bicyclic) bond motifs is 1. The Hall–Kier alpha value is -1.81. The molecule has 130 valence electrons. The fraction of sp³-hybridized carbons (Fsp3) is 0.474. The Morgan fingerprint density at radius 3 is 2.62 bits per heavy atom. The zero-order valence-electron chi connectivity index (χ0n) is 14.8. The summed E-state index contributed by atoms with van der Waals surface area (Å²) in [6.07, 6.45) is 3.40. The van der Waals surface area contributed by atoms with Crippen LogP contribution in [0.15, 0.2) is 24.3 Å². The number of unbranched alkanes of at least 4 members (excludes halogenated alkanes) is 1. The van der Waals surface area contributed by atoms with Crippen molar-refractivity contribution in [2.75, 3.05) is 23.3 Å². The van der Waals surface area contributed by atoms with Gasteiger partial charge in [-0.15, -0.1) is 12.4 Å². The Morgan fingerprint density at radius 1 is 1.12 bits per heavy atom. The molecule has 2 aromatic rings. The molecule has 0 atom stereocenters. The average molecular weight is 347 g/mol. The number of nitrogens with zero attached hydrogens (tertiary/aromatic N) is 3. The van der Waals surface area contributed by atoms with Gasteiger partial charge >= 0.3 is 0 Å². The lowest BCUT2D eigenvalue weighted by Gasteiger charge is -2.31. The Balaban J connectivity index is 0.00000208. The van der Waals surface area contributed by atoms with Gasteiger partial charge in [-0.05, 0) is 37.8 Å². The molecule has 4 nitrogen and oxygen atoms in total. The number of nitrogens with one attached hydrogen (secondary N) is 1. The van der Waals surface area contributed by atoms with Gasteiger partial charge in [0.1, 0.15) is 5.82 Å². The first-order valence-electron chi connectivity index (χ1n) is 8.60. The van der Waals surface area contributed by atoms with E-state index in [9.17, 15) is 0 Å². The molecule has 24 heavy (non-hydrogen) atoms. The number of anilines is 2. The summed E-state index contributed by atoms with van der Waals surface area (Å²) in [5, 5.41) is 3.36. The molecule has 1 N–H and O–H groups in total. The van der Waals surface area contributed by atoms with Crippen molar-refractivity contribution >= 4 is 24.2 Å². The predicted octanol–water partition coefficient (Wildman–Crippen LogP) is 4.29. The molecule has 0 fully saturated rings. The van der Waals surface area contributed by atoms with Crippen LogP contribution in [0.3, 0.4) is 0 Å². The molecule has 0 unspecified atom stereocenters. The van der Waals surface area contributed by atoms with Crippen LogP contribution in [0, 0.1) is 13.8 Å². The summed E-state index contributed by atoms with van der Waals surface area (Å²) in [6, 6.07) is 8.72. The molecular formula is C19H27ClN4. The van der Waals surface area contributed by atoms with Crippen LogP contribution in [0.4, 0.5) is 11.8 Å². The van der Waals surface area contributed by atoms with Crippen LogP contribution in [0.1, 0.15) is 42.1 Å². The van der Waals surface area contributed by atoms with Crippen molar-refractivity contribution in [3.05, 3.63) is 46.6 Å². The normalized spacial score (nSPS) is 13.2. The van der Waals surface area contributed by atoms with Gasteiger partial charge < -0.3 is 10.2 Å². The van der Waals surface area contributed by atoms with Gasteiger partial charge in [0.2, 0.25) is 5.95 Å². The molecule has 0 saturated heterocycles. The lowest BCUT2D eigenvalue weighted by molar-refractivity contribution is 0.714. The number of hydrogen-bond acceptors (Lipinski definition) is 4. The van der Waals surface area contributed by atoms with E-state index in [0.29, 0.717) is 0 Å². The molecule has 0 aliphatic carbocycles. The van der Waals surface area contributed by atoms with E-state index in [1.165, 1.54) is 23.1 Å². The highest BCUT2D eigenvalue weighted by Gasteiger charge is 2.20. The molecule has 3 rings (SSSR count). The molecule has 0 saturated carbocycles. The van der Waals surface area contributed by atoms with Crippen LogP contribution in [0.2, 0.25) is 0 Å². The molecule has 0 amide bonds. The van der Waals surface area contributed by atoms with Gasteiger partial charge in [-0.25, -0.2) is 4.98 Å². The quantitative estimate of drug-likeness (QED) is 0.820. The minimum absolute atomic E-state index is 0. The van der Waals surface area contributed by atoms with Crippen molar-refractivity contribution in [2.24, 2.45) is 0 Å². The summed E-state index contributed by atoms with van der Waals surface area (Å²) in [5.74, 6) is 1.83. The number of aryl methyl sites for hydroxylation is 1. The molecule has 1 aliphatic heterocycles. The largest absolute Gasteiger partial charge is 0.354 e. The minimum Gasteiger partial charge on any atom is -0.354 e. The van der Waals surface area contributed by atoms with E-state index in [0.717, 1.165) is 49.9 Å². The van der Waals surface area contributed by atoms with E-state index in [-0.39, 0.29) is 12.4 Å². The van der Waals surface area contributed by atoms with Gasteiger partial charge in [0, 0.05) is 30.9 Å². The Labute approximate surface area is 151 Å². The van der Waals surface area contributed by atoms with Crippen molar-refractivity contribution in [2.45, 2.75) is 46.6 Å². The van der Waals surface area contributed by atoms with Crippen molar-refractivity contribution in [1.82, 2.24) is 9.97 Å². The maximum atomic E-state index is 4.81. The summed E-state index contributed by atoms with van der Waals surface area (Å²) >= 11 is 0. The highest BCUT2D eigenvalue weighted by Crippen LogP contribution is 2.27. The monoisotopic (exact) mass is 346 g/mol. The van der Waals surface area contributed by atoms with Crippen LogP contribution >= 0.6 is 12.4 Å². The summed E-state index contributed by atoms with van der Waals surface area (Å²) in [6.45, 7) is 9.27. The second-order valence-corrected chi connectivity index (χ2v) is 6.30. The highest BCUT2D eigenvalue weighted by atomic mass is 35.5. The Kier molecular flexibility index (Phi) is 6.44. The number of hydrogen-bond donors (Lipinski definition) is 1. The zero-order chi connectivity index (χ0) is 16.2. The molecule has 0 bridgehead atoms. The van der Waals surface area contributed by atoms with E-state index >= 15 is 0 Å². The average Bonchev–Trinajstić information content (AvgIpc) is 2.57. The smallest absolute Gasteiger partial charge is 0.224 e. The standard InChI is InChI=1S/C19H26N4.ClH/c1-4-5-11-20-19-21-15(3)14(2)18(22-19)23-12-10-16-8-6-7-9-17(16)13-23;/h6-9H,4-5,10-13H2,1-3H3,(H,20,21,22);1H. The molecule has 0 radical (unpaired) electrons. The molecule has 0 spiro atoms. The Morgan fingerprint density at radius 2 is 1.88 bits per heavy atom. The number of halogens is 1. The second-order valence-electron chi connectivity index (χ2n) is 6.30. The third-order valence-corrected chi connectivity index (χ3v) is 4.61. The van der Waals surface area contributed by atoms with Crippen LogP contribution in [-0.4, -0.2) is 23.1 Å². The molecule has 1 aliphatic rings. The van der Waals surface area contributed by atoms with Crippen LogP contribution in [-0.2, 0) is 13.0 Å². The molecular weight excluding hydrogens is 320 g/mol. The van der Waals surface area contributed by atoms with E-state index in [1.807, 2.05) is 0 Å². The maximum Gasteiger partial charge on any atom is 0.224 e. The van der Waals surface area contributed by atoms with Crippen LogP contribution in [0.5, 0.6) is 0 Å². The van der Waals surface area contributed by atoms with E-state index in [2.05, 4.69) is 60.2 Å². The Bertz CT molecular complexity index is 687. The van der Waals surface area contributed by atoms with Crippen molar-refractivity contribution in [3.63, 3.8) is 0 Å². The predicted molar refractivity (Wildman–Crippen MR) is 103 cm³/mol. The molecule has 5 heteroatoms. The minimum atomic E-state index is 0. The van der Waals surface area contributed by atoms with Gasteiger partial charge in [0.15, 0.2) is 0 Å². The van der Waals surface area contributed by atoms with E-state index in [4.69, 9.17) is 4.98 Å². The maximum absolute atomic E-state index is 4.81. The summed E-state index contributed by atoms with van der Waals surface area (Å²) in [4.78, 5) is 11.8. The number of rotatable bonds is 5. The first-order chi connectivity index (χ1) is 11.2. The molecule has 2 heterocycles. The lowest BCUT2D eigenvalue weighted by atomic mass is 9.99. The number of aromatic nitrogens is 2. The van der Waals surface area contributed by atoms with Gasteiger partial charge in [0.25, 0.3) is 0 Å². The van der Waals surface area contributed by atoms with Gasteiger partial charge in [-0.3, -0.25) is 0 Å². The summed E-state index contributed by atoms with van der Waals surface area (Å²) in [7, 11) is 0.